The van der Waals surface area contributed by atoms with Gasteiger partial charge in [-0.2, -0.15) is 4.99 Å². The van der Waals surface area contributed by atoms with Crippen molar-refractivity contribution in [2.75, 3.05) is 0 Å². The number of rotatable bonds is 2. The number of benzene rings is 1. The quantitative estimate of drug-likeness (QED) is 0.786. The molecule has 1 fully saturated rings. The van der Waals surface area contributed by atoms with Crippen molar-refractivity contribution >= 4 is 27.5 Å². The van der Waals surface area contributed by atoms with Crippen LogP contribution in [0.15, 0.2) is 17.1 Å². The smallest absolute Gasteiger partial charge is 0.251 e. The highest BCUT2D eigenvalue weighted by Gasteiger charge is 2.25. The molecule has 6 heteroatoms. The van der Waals surface area contributed by atoms with Crippen LogP contribution in [0.1, 0.15) is 19.3 Å². The van der Waals surface area contributed by atoms with Gasteiger partial charge < -0.3 is 4.57 Å². The summed E-state index contributed by atoms with van der Waals surface area (Å²) in [7, 11) is 0. The zero-order valence-electron chi connectivity index (χ0n) is 11.1. The average Bonchev–Trinajstić information content (AvgIpc) is 2.65. The molecule has 1 saturated carbocycles. The van der Waals surface area contributed by atoms with Gasteiger partial charge in [-0.15, -0.1) is 6.42 Å². The molecule has 1 aromatic carbocycles. The molecule has 0 N–H and O–H groups in total. The molecule has 21 heavy (non-hydrogen) atoms. The highest BCUT2D eigenvalue weighted by Crippen LogP contribution is 2.27. The normalized spacial score (nSPS) is 16.0. The highest BCUT2D eigenvalue weighted by atomic mass is 32.1. The van der Waals surface area contributed by atoms with Crippen LogP contribution in [0, 0.1) is 29.9 Å². The van der Waals surface area contributed by atoms with E-state index in [4.69, 9.17) is 6.42 Å². The van der Waals surface area contributed by atoms with Crippen LogP contribution in [0.25, 0.3) is 10.2 Å². The van der Waals surface area contributed by atoms with E-state index >= 15 is 0 Å². The molecule has 1 aliphatic rings. The fraction of sp³-hybridized carbons (Fsp3) is 0.333. The standard InChI is InChI=1S/C15H12F2N2OS/c1-2-6-19-13-11(17)7-10(16)8-12(13)21-15(19)18-14(20)9-4-3-5-9/h1,7-9H,3-6H2. The van der Waals surface area contributed by atoms with E-state index in [1.54, 1.807) is 0 Å². The molecule has 1 aromatic heterocycles. The number of thiazole rings is 1. The second kappa shape index (κ2) is 5.41. The van der Waals surface area contributed by atoms with E-state index in [-0.39, 0.29) is 23.9 Å². The second-order valence-corrected chi connectivity index (χ2v) is 6.00. The van der Waals surface area contributed by atoms with Crippen LogP contribution in [-0.4, -0.2) is 10.5 Å². The van der Waals surface area contributed by atoms with Gasteiger partial charge in [-0.25, -0.2) is 8.78 Å². The Kier molecular flexibility index (Phi) is 3.60. The van der Waals surface area contributed by atoms with Crippen molar-refractivity contribution in [2.24, 2.45) is 10.9 Å². The fourth-order valence-corrected chi connectivity index (χ4v) is 3.37. The van der Waals surface area contributed by atoms with Crippen molar-refractivity contribution in [1.82, 2.24) is 4.57 Å². The molecule has 0 aliphatic heterocycles. The van der Waals surface area contributed by atoms with Gasteiger partial charge in [-0.05, 0) is 18.9 Å². The van der Waals surface area contributed by atoms with E-state index in [1.807, 2.05) is 0 Å². The average molecular weight is 306 g/mol. The number of hydrogen-bond donors (Lipinski definition) is 0. The Labute approximate surface area is 123 Å². The lowest BCUT2D eigenvalue weighted by molar-refractivity contribution is -0.124. The zero-order valence-corrected chi connectivity index (χ0v) is 11.9. The summed E-state index contributed by atoms with van der Waals surface area (Å²) in [6.07, 6.45) is 8.01. The van der Waals surface area contributed by atoms with Crippen LogP contribution in [0.3, 0.4) is 0 Å². The Hall–Kier alpha value is -2.00. The maximum absolute atomic E-state index is 14.0. The van der Waals surface area contributed by atoms with Gasteiger partial charge in [0.05, 0.1) is 16.8 Å². The Morgan fingerprint density at radius 1 is 1.48 bits per heavy atom. The summed E-state index contributed by atoms with van der Waals surface area (Å²) >= 11 is 1.07. The Balaban J connectivity index is 2.19. The van der Waals surface area contributed by atoms with Gasteiger partial charge in [0.1, 0.15) is 5.82 Å². The minimum atomic E-state index is -0.700. The van der Waals surface area contributed by atoms with E-state index < -0.39 is 11.6 Å². The van der Waals surface area contributed by atoms with Crippen molar-refractivity contribution in [1.29, 1.82) is 0 Å². The van der Waals surface area contributed by atoms with Crippen molar-refractivity contribution < 1.29 is 13.6 Å². The molecular formula is C15H12F2N2OS. The fourth-order valence-electron chi connectivity index (χ4n) is 2.29. The molecule has 108 valence electrons. The second-order valence-electron chi connectivity index (χ2n) is 4.99. The first kappa shape index (κ1) is 14.0. The number of terminal acetylenes is 1. The molecule has 0 radical (unpaired) electrons. The van der Waals surface area contributed by atoms with Gasteiger partial charge in [0, 0.05) is 12.0 Å². The number of aromatic nitrogens is 1. The summed E-state index contributed by atoms with van der Waals surface area (Å²) in [5.41, 5.74) is 0.194. The molecular weight excluding hydrogens is 294 g/mol. The van der Waals surface area contributed by atoms with Crippen LogP contribution in [-0.2, 0) is 11.3 Å². The molecule has 0 atom stereocenters. The summed E-state index contributed by atoms with van der Waals surface area (Å²) in [6, 6.07) is 2.03. The molecule has 3 nitrogen and oxygen atoms in total. The molecule has 0 spiro atoms. The lowest BCUT2D eigenvalue weighted by Gasteiger charge is -2.20. The summed E-state index contributed by atoms with van der Waals surface area (Å²) in [5, 5.41) is 0. The number of nitrogens with zero attached hydrogens (tertiary/aromatic N) is 2. The monoisotopic (exact) mass is 306 g/mol. The number of carbonyl (C=O) groups is 1. The lowest BCUT2D eigenvalue weighted by Crippen LogP contribution is -2.24. The van der Waals surface area contributed by atoms with Gasteiger partial charge >= 0.3 is 0 Å². The van der Waals surface area contributed by atoms with Gasteiger partial charge in [0.2, 0.25) is 0 Å². The Morgan fingerprint density at radius 3 is 2.86 bits per heavy atom. The van der Waals surface area contributed by atoms with Crippen LogP contribution in [0.2, 0.25) is 0 Å². The van der Waals surface area contributed by atoms with Crippen molar-refractivity contribution in [3.05, 3.63) is 28.6 Å². The van der Waals surface area contributed by atoms with E-state index in [1.165, 1.54) is 10.6 Å². The van der Waals surface area contributed by atoms with Crippen molar-refractivity contribution in [2.45, 2.75) is 25.8 Å². The first-order valence-electron chi connectivity index (χ1n) is 6.60. The SMILES string of the molecule is C#CCn1c(=NC(=O)C2CCC2)sc2cc(F)cc(F)c21. The number of carbonyl (C=O) groups excluding carboxylic acids is 1. The Morgan fingerprint density at radius 2 is 2.24 bits per heavy atom. The first-order valence-corrected chi connectivity index (χ1v) is 7.42. The summed E-state index contributed by atoms with van der Waals surface area (Å²) in [6.45, 7) is 0.0827. The number of fused-ring (bicyclic) bond motifs is 1. The van der Waals surface area contributed by atoms with Gasteiger partial charge in [-0.3, -0.25) is 4.79 Å². The van der Waals surface area contributed by atoms with E-state index in [2.05, 4.69) is 10.9 Å². The minimum Gasteiger partial charge on any atom is -0.302 e. The number of halogens is 2. The maximum Gasteiger partial charge on any atom is 0.251 e. The highest BCUT2D eigenvalue weighted by molar-refractivity contribution is 7.16. The summed E-state index contributed by atoms with van der Waals surface area (Å²) < 4.78 is 29.1. The van der Waals surface area contributed by atoms with Crippen LogP contribution in [0.5, 0.6) is 0 Å². The topological polar surface area (TPSA) is 34.4 Å². The summed E-state index contributed by atoms with van der Waals surface area (Å²) in [5.74, 6) is 0.798. The lowest BCUT2D eigenvalue weighted by atomic mass is 9.85. The predicted octanol–water partition coefficient (Wildman–Crippen LogP) is 2.84. The first-order chi connectivity index (χ1) is 10.1. The molecule has 1 aliphatic carbocycles. The minimum absolute atomic E-state index is 0.0453. The largest absolute Gasteiger partial charge is 0.302 e. The van der Waals surface area contributed by atoms with Crippen molar-refractivity contribution in [3.63, 3.8) is 0 Å². The molecule has 2 aromatic rings. The molecule has 0 bridgehead atoms. The molecule has 0 unspecified atom stereocenters. The van der Waals surface area contributed by atoms with Crippen LogP contribution < -0.4 is 4.80 Å². The third-order valence-electron chi connectivity index (χ3n) is 3.60. The molecule has 3 rings (SSSR count). The predicted molar refractivity (Wildman–Crippen MR) is 76.5 cm³/mol. The van der Waals surface area contributed by atoms with E-state index in [0.29, 0.717) is 9.50 Å². The zero-order chi connectivity index (χ0) is 15.0. The maximum atomic E-state index is 14.0. The van der Waals surface area contributed by atoms with Gasteiger partial charge in [-0.1, -0.05) is 23.7 Å². The van der Waals surface area contributed by atoms with Crippen molar-refractivity contribution in [3.8, 4) is 12.3 Å². The molecule has 0 saturated heterocycles. The van der Waals surface area contributed by atoms with Gasteiger partial charge in [0.25, 0.3) is 5.91 Å². The molecule has 1 amide bonds. The third-order valence-corrected chi connectivity index (χ3v) is 4.63. The third kappa shape index (κ3) is 2.49. The van der Waals surface area contributed by atoms with E-state index in [9.17, 15) is 13.6 Å². The number of amides is 1. The van der Waals surface area contributed by atoms with Crippen LogP contribution >= 0.6 is 11.3 Å². The van der Waals surface area contributed by atoms with Gasteiger partial charge in [0.15, 0.2) is 10.6 Å². The number of hydrogen-bond acceptors (Lipinski definition) is 2. The summed E-state index contributed by atoms with van der Waals surface area (Å²) in [4.78, 5) is 16.4. The van der Waals surface area contributed by atoms with E-state index in [0.717, 1.165) is 36.7 Å². The molecule has 1 heterocycles. The van der Waals surface area contributed by atoms with Crippen LogP contribution in [0.4, 0.5) is 8.78 Å². The Bertz CT molecular complexity index is 825.